The summed E-state index contributed by atoms with van der Waals surface area (Å²) in [4.78, 5) is 25.9. The Hall–Kier alpha value is -2.11. The van der Waals surface area contributed by atoms with Crippen molar-refractivity contribution in [2.45, 2.75) is 32.3 Å². The van der Waals surface area contributed by atoms with Gasteiger partial charge in [-0.3, -0.25) is 9.59 Å². The monoisotopic (exact) mass is 427 g/mol. The number of hydrogen-bond donors (Lipinski definition) is 1. The maximum atomic E-state index is 12.6. The van der Waals surface area contributed by atoms with Gasteiger partial charge in [-0.1, -0.05) is 23.8 Å². The maximum absolute atomic E-state index is 12.6. The first-order chi connectivity index (χ1) is 14.0. The van der Waals surface area contributed by atoms with Crippen LogP contribution in [0.1, 0.15) is 35.0 Å². The number of carbonyl (C=O) groups excluding carboxylic acids is 2. The predicted octanol–water partition coefficient (Wildman–Crippen LogP) is 4.90. The Balaban J connectivity index is 1.25. The molecule has 2 bridgehead atoms. The Morgan fingerprint density at radius 2 is 2.10 bits per heavy atom. The highest BCUT2D eigenvalue weighted by molar-refractivity contribution is 7.17. The summed E-state index contributed by atoms with van der Waals surface area (Å²) in [5.74, 6) is 2.02. The van der Waals surface area contributed by atoms with E-state index in [2.05, 4.69) is 23.5 Å². The molecule has 4 atom stereocenters. The van der Waals surface area contributed by atoms with Crippen molar-refractivity contribution in [1.82, 2.24) is 5.32 Å². The molecule has 5 rings (SSSR count). The van der Waals surface area contributed by atoms with E-state index >= 15 is 0 Å². The Morgan fingerprint density at radius 3 is 2.79 bits per heavy atom. The Bertz CT molecular complexity index is 1030. The quantitative estimate of drug-likeness (QED) is 0.545. The number of fused-ring (bicyclic) bond motifs is 3. The van der Waals surface area contributed by atoms with Crippen molar-refractivity contribution in [1.29, 1.82) is 0 Å². The number of hydrogen-bond acceptors (Lipinski definition) is 4. The number of nitrogens with one attached hydrogen (secondary N) is 1. The lowest BCUT2D eigenvalue weighted by Crippen LogP contribution is -2.39. The van der Waals surface area contributed by atoms with Crippen LogP contribution >= 0.6 is 22.9 Å². The zero-order valence-electron chi connectivity index (χ0n) is 16.1. The van der Waals surface area contributed by atoms with E-state index in [0.717, 1.165) is 33.7 Å². The predicted molar refractivity (Wildman–Crippen MR) is 115 cm³/mol. The first-order valence-electron chi connectivity index (χ1n) is 10.0. The van der Waals surface area contributed by atoms with E-state index in [1.54, 1.807) is 6.92 Å². The summed E-state index contributed by atoms with van der Waals surface area (Å²) in [6.07, 6.45) is 7.14. The van der Waals surface area contributed by atoms with Gasteiger partial charge in [0, 0.05) is 22.8 Å². The molecule has 1 aromatic carbocycles. The first kappa shape index (κ1) is 18.9. The zero-order chi connectivity index (χ0) is 20.1. The summed E-state index contributed by atoms with van der Waals surface area (Å²) in [5.41, 5.74) is 2.04. The third-order valence-electron chi connectivity index (χ3n) is 6.21. The van der Waals surface area contributed by atoms with Crippen LogP contribution in [-0.4, -0.2) is 24.3 Å². The lowest BCUT2D eigenvalue weighted by atomic mass is 9.93. The molecule has 1 aromatic heterocycles. The number of rotatable bonds is 5. The summed E-state index contributed by atoms with van der Waals surface area (Å²) in [5, 5.41) is 3.66. The van der Waals surface area contributed by atoms with Crippen LogP contribution in [0.5, 0.6) is 5.75 Å². The Labute approximate surface area is 178 Å². The van der Waals surface area contributed by atoms with E-state index in [0.29, 0.717) is 35.6 Å². The summed E-state index contributed by atoms with van der Waals surface area (Å²) >= 11 is 7.96. The number of Topliss-reactive ketones (excluding diaryl/α,β-unsaturated/α-hetero) is 1. The molecular formula is C23H22ClNO3S. The number of ether oxygens (including phenoxy) is 1. The molecule has 6 heteroatoms. The molecular weight excluding hydrogens is 406 g/mol. The van der Waals surface area contributed by atoms with E-state index in [9.17, 15) is 9.59 Å². The largest absolute Gasteiger partial charge is 0.486 e. The SMILES string of the molecule is CC(=O)c1ccc(-c2cc(Cl)c3c(c2)CC(CNC(=O)[C@H]2C[C@@H]4C=C[C@H]2C4)O3)s1. The average molecular weight is 428 g/mol. The number of allylic oxidation sites excluding steroid dienone is 2. The van der Waals surface area contributed by atoms with Crippen LogP contribution in [0.2, 0.25) is 5.02 Å². The van der Waals surface area contributed by atoms with Crippen LogP contribution in [-0.2, 0) is 11.2 Å². The lowest BCUT2D eigenvalue weighted by molar-refractivity contribution is -0.126. The Kier molecular flexibility index (Phi) is 4.75. The highest BCUT2D eigenvalue weighted by Crippen LogP contribution is 2.44. The number of benzene rings is 1. The molecule has 0 saturated heterocycles. The second-order valence-corrected chi connectivity index (χ2v) is 9.73. The molecule has 1 aliphatic heterocycles. The second-order valence-electron chi connectivity index (χ2n) is 8.24. The maximum Gasteiger partial charge on any atom is 0.223 e. The van der Waals surface area contributed by atoms with Crippen molar-refractivity contribution in [3.05, 3.63) is 51.9 Å². The molecule has 0 spiro atoms. The van der Waals surface area contributed by atoms with Crippen molar-refractivity contribution in [3.8, 4) is 16.2 Å². The molecule has 150 valence electrons. The summed E-state index contributed by atoms with van der Waals surface area (Å²) in [6, 6.07) is 7.78. The fourth-order valence-electron chi connectivity index (χ4n) is 4.75. The zero-order valence-corrected chi connectivity index (χ0v) is 17.7. The number of thiophene rings is 1. The van der Waals surface area contributed by atoms with Gasteiger partial charge in [-0.25, -0.2) is 0 Å². The van der Waals surface area contributed by atoms with Crippen LogP contribution in [0, 0.1) is 17.8 Å². The lowest BCUT2D eigenvalue weighted by Gasteiger charge is -2.19. The third kappa shape index (κ3) is 3.51. The standard InChI is InChI=1S/C23H22ClNO3S/c1-12(26)20-4-5-21(29-20)15-8-16-9-17(28-22(16)19(24)10-15)11-25-23(27)18-7-13-2-3-14(18)6-13/h2-5,8,10,13-14,17-18H,6-7,9,11H2,1H3,(H,25,27)/t13-,14+,17?,18+/m1/s1. The fourth-order valence-corrected chi connectivity index (χ4v) is 5.93. The minimum Gasteiger partial charge on any atom is -0.486 e. The minimum atomic E-state index is -0.105. The highest BCUT2D eigenvalue weighted by atomic mass is 35.5. The molecule has 4 nitrogen and oxygen atoms in total. The molecule has 2 aromatic rings. The van der Waals surface area contributed by atoms with E-state index in [-0.39, 0.29) is 23.7 Å². The molecule has 0 radical (unpaired) electrons. The molecule has 29 heavy (non-hydrogen) atoms. The van der Waals surface area contributed by atoms with E-state index < -0.39 is 0 Å². The molecule has 1 amide bonds. The van der Waals surface area contributed by atoms with Gasteiger partial charge in [-0.15, -0.1) is 11.3 Å². The first-order valence-corrected chi connectivity index (χ1v) is 11.2. The van der Waals surface area contributed by atoms with Crippen LogP contribution < -0.4 is 10.1 Å². The highest BCUT2D eigenvalue weighted by Gasteiger charge is 2.40. The smallest absolute Gasteiger partial charge is 0.223 e. The summed E-state index contributed by atoms with van der Waals surface area (Å²) in [6.45, 7) is 2.06. The van der Waals surface area contributed by atoms with Crippen LogP contribution in [0.25, 0.3) is 10.4 Å². The van der Waals surface area contributed by atoms with E-state index in [4.69, 9.17) is 16.3 Å². The summed E-state index contributed by atoms with van der Waals surface area (Å²) < 4.78 is 6.04. The fraction of sp³-hybridized carbons (Fsp3) is 0.391. The van der Waals surface area contributed by atoms with Gasteiger partial charge in [-0.05, 0) is 61.4 Å². The van der Waals surface area contributed by atoms with E-state index in [1.807, 2.05) is 18.2 Å². The van der Waals surface area contributed by atoms with Gasteiger partial charge in [-0.2, -0.15) is 0 Å². The molecule has 3 aliphatic rings. The van der Waals surface area contributed by atoms with Gasteiger partial charge in [0.25, 0.3) is 0 Å². The Morgan fingerprint density at radius 1 is 1.24 bits per heavy atom. The number of halogens is 1. The second kappa shape index (κ2) is 7.29. The van der Waals surface area contributed by atoms with Crippen LogP contribution in [0.3, 0.4) is 0 Å². The minimum absolute atomic E-state index is 0.0682. The van der Waals surface area contributed by atoms with Gasteiger partial charge in [0.2, 0.25) is 5.91 Å². The number of carbonyl (C=O) groups is 2. The molecule has 2 heterocycles. The molecule has 1 N–H and O–H groups in total. The molecule has 1 unspecified atom stereocenters. The van der Waals surface area contributed by atoms with Gasteiger partial charge >= 0.3 is 0 Å². The number of amides is 1. The normalized spacial score (nSPS) is 26.4. The van der Waals surface area contributed by atoms with Gasteiger partial charge in [0.05, 0.1) is 16.4 Å². The molecule has 2 aliphatic carbocycles. The van der Waals surface area contributed by atoms with Crippen molar-refractivity contribution in [3.63, 3.8) is 0 Å². The van der Waals surface area contributed by atoms with Crippen molar-refractivity contribution in [2.24, 2.45) is 17.8 Å². The van der Waals surface area contributed by atoms with Crippen LogP contribution in [0.4, 0.5) is 0 Å². The van der Waals surface area contributed by atoms with Gasteiger partial charge in [0.15, 0.2) is 5.78 Å². The third-order valence-corrected chi connectivity index (χ3v) is 7.73. The van der Waals surface area contributed by atoms with Crippen molar-refractivity contribution in [2.75, 3.05) is 6.54 Å². The van der Waals surface area contributed by atoms with Crippen LogP contribution in [0.15, 0.2) is 36.4 Å². The molecule has 1 fully saturated rings. The number of ketones is 1. The topological polar surface area (TPSA) is 55.4 Å². The summed E-state index contributed by atoms with van der Waals surface area (Å²) in [7, 11) is 0. The van der Waals surface area contributed by atoms with Gasteiger partial charge in [0.1, 0.15) is 11.9 Å². The molecule has 1 saturated carbocycles. The van der Waals surface area contributed by atoms with Crippen molar-refractivity contribution >= 4 is 34.6 Å². The van der Waals surface area contributed by atoms with Gasteiger partial charge < -0.3 is 10.1 Å². The average Bonchev–Trinajstić information content (AvgIpc) is 3.48. The van der Waals surface area contributed by atoms with E-state index in [1.165, 1.54) is 11.3 Å². The van der Waals surface area contributed by atoms with Crippen molar-refractivity contribution < 1.29 is 14.3 Å².